The van der Waals surface area contributed by atoms with E-state index in [-0.39, 0.29) is 47.1 Å². The smallest absolute Gasteiger partial charge is 0.308 e. The number of fused-ring (bicyclic) bond motifs is 9. The maximum atomic E-state index is 12.3. The average molecular weight is 391 g/mol. The molecular formula is C23H34O5. The van der Waals surface area contributed by atoms with Crippen LogP contribution >= 0.6 is 0 Å². The number of carbonyl (C=O) groups is 1. The van der Waals surface area contributed by atoms with E-state index in [1.54, 1.807) is 0 Å². The summed E-state index contributed by atoms with van der Waals surface area (Å²) in [5.41, 5.74) is -0.651. The molecule has 2 aliphatic heterocycles. The second-order valence-electron chi connectivity index (χ2n) is 11.4. The van der Waals surface area contributed by atoms with E-state index < -0.39 is 5.60 Å². The van der Waals surface area contributed by atoms with E-state index >= 15 is 0 Å². The molecule has 0 aromatic rings. The van der Waals surface area contributed by atoms with Gasteiger partial charge in [0.25, 0.3) is 0 Å². The summed E-state index contributed by atoms with van der Waals surface area (Å²) in [4.78, 5) is 11.9. The Morgan fingerprint density at radius 2 is 1.89 bits per heavy atom. The van der Waals surface area contributed by atoms with Crippen molar-refractivity contribution in [3.63, 3.8) is 0 Å². The van der Waals surface area contributed by atoms with Crippen LogP contribution in [0.2, 0.25) is 0 Å². The fourth-order valence-electron chi connectivity index (χ4n) is 9.29. The first kappa shape index (κ1) is 18.1. The Hall–Kier alpha value is -0.650. The van der Waals surface area contributed by atoms with E-state index in [1.165, 1.54) is 0 Å². The lowest BCUT2D eigenvalue weighted by molar-refractivity contribution is -0.218. The van der Waals surface area contributed by atoms with Crippen LogP contribution in [-0.4, -0.2) is 40.3 Å². The van der Waals surface area contributed by atoms with Crippen molar-refractivity contribution < 1.29 is 24.5 Å². The lowest BCUT2D eigenvalue weighted by Crippen LogP contribution is -2.62. The topological polar surface area (TPSA) is 76.0 Å². The third kappa shape index (κ3) is 2.02. The number of hydrogen-bond acceptors (Lipinski definition) is 5. The number of esters is 1. The summed E-state index contributed by atoms with van der Waals surface area (Å²) in [7, 11) is 0. The van der Waals surface area contributed by atoms with Gasteiger partial charge in [-0.1, -0.05) is 13.8 Å². The molecule has 2 N–H and O–H groups in total. The van der Waals surface area contributed by atoms with Crippen LogP contribution in [0, 0.1) is 40.4 Å². The minimum Gasteiger partial charge on any atom is -0.435 e. The third-order valence-corrected chi connectivity index (χ3v) is 10.7. The maximum Gasteiger partial charge on any atom is 0.308 e. The number of ether oxygens (including phenoxy) is 2. The summed E-state index contributed by atoms with van der Waals surface area (Å²) in [5.74, 6) is 1.64. The van der Waals surface area contributed by atoms with E-state index in [4.69, 9.17) is 9.47 Å². The Morgan fingerprint density at radius 3 is 2.71 bits per heavy atom. The zero-order chi connectivity index (χ0) is 19.5. The molecule has 28 heavy (non-hydrogen) atoms. The zero-order valence-electron chi connectivity index (χ0n) is 17.1. The molecule has 6 aliphatic rings. The van der Waals surface area contributed by atoms with Crippen molar-refractivity contribution in [1.29, 1.82) is 0 Å². The van der Waals surface area contributed by atoms with Gasteiger partial charge in [0.15, 0.2) is 0 Å². The number of carbonyl (C=O) groups excluding carboxylic acids is 1. The van der Waals surface area contributed by atoms with Crippen LogP contribution in [0.3, 0.4) is 0 Å². The Morgan fingerprint density at radius 1 is 1.07 bits per heavy atom. The Labute approximate surface area is 167 Å². The predicted octanol–water partition coefficient (Wildman–Crippen LogP) is 3.02. The average Bonchev–Trinajstić information content (AvgIpc) is 3.20. The van der Waals surface area contributed by atoms with Crippen molar-refractivity contribution in [2.24, 2.45) is 40.4 Å². The third-order valence-electron chi connectivity index (χ3n) is 10.7. The molecule has 4 saturated carbocycles. The lowest BCUT2D eigenvalue weighted by Gasteiger charge is -2.63. The van der Waals surface area contributed by atoms with Crippen molar-refractivity contribution in [3.8, 4) is 0 Å². The van der Waals surface area contributed by atoms with Gasteiger partial charge in [0.1, 0.15) is 0 Å². The van der Waals surface area contributed by atoms with Crippen LogP contribution in [0.25, 0.3) is 0 Å². The quantitative estimate of drug-likeness (QED) is 0.622. The molecule has 6 rings (SSSR count). The van der Waals surface area contributed by atoms with Gasteiger partial charge in [-0.25, -0.2) is 0 Å². The first-order chi connectivity index (χ1) is 13.3. The summed E-state index contributed by atoms with van der Waals surface area (Å²) in [6, 6.07) is 0. The van der Waals surface area contributed by atoms with Crippen molar-refractivity contribution >= 4 is 5.97 Å². The Balaban J connectivity index is 1.34. The van der Waals surface area contributed by atoms with Crippen LogP contribution in [-0.2, 0) is 14.3 Å². The van der Waals surface area contributed by atoms with Gasteiger partial charge in [0.05, 0.1) is 24.2 Å². The van der Waals surface area contributed by atoms with Crippen LogP contribution in [0.5, 0.6) is 0 Å². The molecule has 0 bridgehead atoms. The monoisotopic (exact) mass is 390 g/mol. The molecule has 5 heteroatoms. The fourth-order valence-corrected chi connectivity index (χ4v) is 9.29. The van der Waals surface area contributed by atoms with Crippen LogP contribution in [0.15, 0.2) is 0 Å². The first-order valence-electron chi connectivity index (χ1n) is 11.5. The highest BCUT2D eigenvalue weighted by Crippen LogP contribution is 2.72. The molecule has 2 saturated heterocycles. The highest BCUT2D eigenvalue weighted by atomic mass is 16.7. The van der Waals surface area contributed by atoms with Gasteiger partial charge < -0.3 is 19.7 Å². The van der Waals surface area contributed by atoms with Crippen molar-refractivity contribution in [1.82, 2.24) is 0 Å². The molecule has 0 radical (unpaired) electrons. The SMILES string of the molecule is C[C@]12CC[C@H](O)C[C@H]1CC[C@@H]1[C@H]2CC[C@]2(C)[C@@H]3[C@@H]4CC(=O)O[C@@H]4O[C@H]3C[C@]12O. The first-order valence-corrected chi connectivity index (χ1v) is 11.5. The molecule has 4 aliphatic carbocycles. The van der Waals surface area contributed by atoms with Gasteiger partial charge in [-0.2, -0.15) is 0 Å². The molecule has 0 amide bonds. The summed E-state index contributed by atoms with van der Waals surface area (Å²) in [5, 5.41) is 22.5. The van der Waals surface area contributed by atoms with Gasteiger partial charge in [0.2, 0.25) is 6.29 Å². The second kappa shape index (κ2) is 5.53. The molecule has 11 atom stereocenters. The lowest BCUT2D eigenvalue weighted by atomic mass is 9.43. The van der Waals surface area contributed by atoms with Crippen LogP contribution < -0.4 is 0 Å². The predicted molar refractivity (Wildman–Crippen MR) is 101 cm³/mol. The van der Waals surface area contributed by atoms with E-state index in [1.807, 2.05) is 0 Å². The van der Waals surface area contributed by atoms with E-state index in [2.05, 4.69) is 13.8 Å². The summed E-state index contributed by atoms with van der Waals surface area (Å²) in [6.07, 6.45) is 7.93. The number of hydrogen-bond donors (Lipinski definition) is 2. The second-order valence-corrected chi connectivity index (χ2v) is 11.4. The van der Waals surface area contributed by atoms with Gasteiger partial charge in [-0.15, -0.1) is 0 Å². The molecule has 2 heterocycles. The van der Waals surface area contributed by atoms with Gasteiger partial charge in [-0.3, -0.25) is 4.79 Å². The molecule has 0 aromatic carbocycles. The van der Waals surface area contributed by atoms with Gasteiger partial charge in [-0.05, 0) is 68.1 Å². The number of rotatable bonds is 0. The molecule has 6 fully saturated rings. The molecule has 156 valence electrons. The number of aliphatic hydroxyl groups is 2. The highest BCUT2D eigenvalue weighted by Gasteiger charge is 2.74. The minimum absolute atomic E-state index is 0.0237. The fraction of sp³-hybridized carbons (Fsp3) is 0.957. The summed E-state index contributed by atoms with van der Waals surface area (Å²) < 4.78 is 11.6. The largest absolute Gasteiger partial charge is 0.435 e. The van der Waals surface area contributed by atoms with Crippen LogP contribution in [0.1, 0.15) is 71.6 Å². The van der Waals surface area contributed by atoms with E-state index in [9.17, 15) is 15.0 Å². The van der Waals surface area contributed by atoms with E-state index in [0.717, 1.165) is 44.9 Å². The minimum atomic E-state index is -0.702. The van der Waals surface area contributed by atoms with Gasteiger partial charge >= 0.3 is 5.97 Å². The molecule has 5 nitrogen and oxygen atoms in total. The molecule has 0 unspecified atom stereocenters. The zero-order valence-corrected chi connectivity index (χ0v) is 17.1. The van der Waals surface area contributed by atoms with E-state index in [0.29, 0.717) is 30.6 Å². The van der Waals surface area contributed by atoms with Crippen molar-refractivity contribution in [2.45, 2.75) is 95.7 Å². The summed E-state index contributed by atoms with van der Waals surface area (Å²) >= 11 is 0. The normalized spacial score (nSPS) is 62.4. The number of aliphatic hydroxyl groups excluding tert-OH is 1. The maximum absolute atomic E-state index is 12.3. The van der Waals surface area contributed by atoms with Crippen molar-refractivity contribution in [3.05, 3.63) is 0 Å². The molecular weight excluding hydrogens is 356 g/mol. The Bertz CT molecular complexity index is 709. The van der Waals surface area contributed by atoms with Crippen molar-refractivity contribution in [2.75, 3.05) is 0 Å². The standard InChI is InChI=1S/C23H34O5/c1-21-7-5-13(24)9-12(21)3-4-16-15(21)6-8-22(2)19-14-10-18(25)28-20(14)27-17(19)11-23(16,22)26/h12-17,19-20,24,26H,3-11H2,1-2H3/t12-,13+,14+,15-,16-,17+,19-,20+,21+,22-,23+/m1/s1. The summed E-state index contributed by atoms with van der Waals surface area (Å²) in [6.45, 7) is 4.72. The van der Waals surface area contributed by atoms with Crippen LogP contribution in [0.4, 0.5) is 0 Å². The highest BCUT2D eigenvalue weighted by molar-refractivity contribution is 5.72. The Kier molecular flexibility index (Phi) is 3.58. The molecule has 0 spiro atoms. The van der Waals surface area contributed by atoms with Gasteiger partial charge in [0, 0.05) is 23.7 Å². The molecule has 0 aromatic heterocycles.